The molecule has 41 heavy (non-hydrogen) atoms. The highest BCUT2D eigenvalue weighted by Gasteiger charge is 2.44. The maximum absolute atomic E-state index is 15.0. The Hall–Kier alpha value is -4.48. The molecule has 15 heteroatoms. The van der Waals surface area contributed by atoms with E-state index in [0.717, 1.165) is 0 Å². The van der Waals surface area contributed by atoms with Crippen LogP contribution in [-0.4, -0.2) is 74.9 Å². The third-order valence-electron chi connectivity index (χ3n) is 7.70. The summed E-state index contributed by atoms with van der Waals surface area (Å²) in [6, 6.07) is 3.93. The van der Waals surface area contributed by atoms with Crippen LogP contribution in [0.5, 0.6) is 5.88 Å². The summed E-state index contributed by atoms with van der Waals surface area (Å²) in [6.45, 7) is -0.403. The quantitative estimate of drug-likeness (QED) is 0.442. The molecule has 5 rings (SSSR count). The topological polar surface area (TPSA) is 152 Å². The number of nitrogens with one attached hydrogen (secondary N) is 1. The molecule has 11 nitrogen and oxygen atoms in total. The Labute approximate surface area is 231 Å². The number of rotatable bonds is 5. The second-order valence-electron chi connectivity index (χ2n) is 10.2. The van der Waals surface area contributed by atoms with Gasteiger partial charge in [0.2, 0.25) is 11.8 Å². The van der Waals surface area contributed by atoms with Gasteiger partial charge in [0.1, 0.15) is 29.6 Å². The van der Waals surface area contributed by atoms with Crippen LogP contribution in [0.4, 0.5) is 23.4 Å². The third kappa shape index (κ3) is 5.33. The summed E-state index contributed by atoms with van der Waals surface area (Å²) < 4.78 is 60.6. The Morgan fingerprint density at radius 2 is 1.90 bits per heavy atom. The van der Waals surface area contributed by atoms with Crippen molar-refractivity contribution in [2.24, 2.45) is 11.8 Å². The van der Waals surface area contributed by atoms with Crippen molar-refractivity contribution >= 4 is 23.1 Å². The third-order valence-corrected chi connectivity index (χ3v) is 7.70. The van der Waals surface area contributed by atoms with Crippen LogP contribution in [0.1, 0.15) is 41.6 Å². The minimum Gasteiger partial charge on any atom is -0.480 e. The molecule has 0 radical (unpaired) electrons. The summed E-state index contributed by atoms with van der Waals surface area (Å²) in [6.07, 6.45) is -3.39. The van der Waals surface area contributed by atoms with Gasteiger partial charge in [0.15, 0.2) is 5.82 Å². The fourth-order valence-corrected chi connectivity index (χ4v) is 5.53. The van der Waals surface area contributed by atoms with E-state index in [4.69, 9.17) is 10.5 Å². The normalized spacial score (nSPS) is 22.9. The predicted octanol–water partition coefficient (Wildman–Crippen LogP) is 2.90. The van der Waals surface area contributed by atoms with E-state index in [9.17, 15) is 32.4 Å². The van der Waals surface area contributed by atoms with Crippen LogP contribution >= 0.6 is 0 Å². The fraction of sp³-hybridized carbons (Fsp3) is 0.462. The molecular formula is C26H26F4N8O3. The van der Waals surface area contributed by atoms with Gasteiger partial charge in [0, 0.05) is 24.2 Å². The first kappa shape index (κ1) is 28.1. The van der Waals surface area contributed by atoms with Gasteiger partial charge in [-0.2, -0.15) is 23.5 Å². The molecule has 216 valence electrons. The highest BCUT2D eigenvalue weighted by molar-refractivity contribution is 5.98. The Kier molecular flexibility index (Phi) is 7.41. The second kappa shape index (κ2) is 10.8. The maximum atomic E-state index is 15.0. The number of carbonyl (C=O) groups is 2. The number of hydrogen-bond donors (Lipinski definition) is 2. The van der Waals surface area contributed by atoms with E-state index in [0.29, 0.717) is 16.8 Å². The monoisotopic (exact) mass is 574 g/mol. The van der Waals surface area contributed by atoms with Crippen LogP contribution < -0.4 is 15.8 Å². The van der Waals surface area contributed by atoms with Crippen LogP contribution in [0.2, 0.25) is 0 Å². The van der Waals surface area contributed by atoms with Gasteiger partial charge in [-0.05, 0) is 37.8 Å². The number of ether oxygens (including phenoxy) is 1. The number of nitriles is 1. The summed E-state index contributed by atoms with van der Waals surface area (Å²) >= 11 is 0. The molecule has 0 aromatic carbocycles. The van der Waals surface area contributed by atoms with Crippen LogP contribution in [0.25, 0.3) is 16.8 Å². The van der Waals surface area contributed by atoms with Crippen LogP contribution in [-0.2, 0) is 4.79 Å². The van der Waals surface area contributed by atoms with Crippen molar-refractivity contribution < 1.29 is 31.9 Å². The molecule has 3 N–H and O–H groups in total. The second-order valence-corrected chi connectivity index (χ2v) is 10.2. The number of nitrogens with zero attached hydrogens (tertiary/aromatic N) is 6. The van der Waals surface area contributed by atoms with E-state index in [1.807, 2.05) is 0 Å². The molecule has 1 aliphatic carbocycles. The summed E-state index contributed by atoms with van der Waals surface area (Å²) in [7, 11) is 1.31. The van der Waals surface area contributed by atoms with Gasteiger partial charge in [-0.15, -0.1) is 0 Å². The molecule has 0 unspecified atom stereocenters. The molecule has 1 saturated heterocycles. The number of fused-ring (bicyclic) bond motifs is 1. The maximum Gasteiger partial charge on any atom is 0.391 e. The van der Waals surface area contributed by atoms with E-state index in [2.05, 4.69) is 26.5 Å². The number of aromatic nitrogens is 4. The first-order valence-electron chi connectivity index (χ1n) is 12.9. The molecule has 1 saturated carbocycles. The highest BCUT2D eigenvalue weighted by atomic mass is 19.4. The van der Waals surface area contributed by atoms with Crippen LogP contribution in [0, 0.1) is 23.2 Å². The smallest absolute Gasteiger partial charge is 0.391 e. The van der Waals surface area contributed by atoms with Crippen LogP contribution in [0.15, 0.2) is 24.7 Å². The molecule has 0 bridgehead atoms. The molecule has 4 heterocycles. The number of amides is 2. The van der Waals surface area contributed by atoms with Crippen molar-refractivity contribution in [3.8, 4) is 23.2 Å². The molecule has 2 amide bonds. The van der Waals surface area contributed by atoms with Gasteiger partial charge in [-0.1, -0.05) is 0 Å². The molecule has 2 aliphatic rings. The first-order valence-corrected chi connectivity index (χ1v) is 12.9. The lowest BCUT2D eigenvalue weighted by Crippen LogP contribution is -2.43. The standard InChI is InChI=1S/C26H26F4N8O3/c1-41-24-17(6-15(9-33-24)21-14(8-31)7-20-22(32)34-12-35-38(20)21)23(39)36-19-11-37(10-18(19)27)25(40)13-2-4-16(5-3-13)26(28,29)30/h6-7,9,12-13,16,18-19H,2-5,10-11H2,1H3,(H,36,39)(H2,32,34,35)/t13?,16?,18-,19+/m0/s1. The molecule has 0 spiro atoms. The van der Waals surface area contributed by atoms with Crippen molar-refractivity contribution in [1.29, 1.82) is 5.26 Å². The Balaban J connectivity index is 1.33. The Bertz CT molecular complexity index is 1530. The van der Waals surface area contributed by atoms with Crippen LogP contribution in [0.3, 0.4) is 0 Å². The van der Waals surface area contributed by atoms with Crippen molar-refractivity contribution in [3.05, 3.63) is 35.8 Å². The summed E-state index contributed by atoms with van der Waals surface area (Å²) in [5, 5.41) is 16.4. The van der Waals surface area contributed by atoms with Crippen molar-refractivity contribution in [2.75, 3.05) is 25.9 Å². The minimum absolute atomic E-state index is 0.0479. The summed E-state index contributed by atoms with van der Waals surface area (Å²) in [5.41, 5.74) is 7.09. The lowest BCUT2D eigenvalue weighted by molar-refractivity contribution is -0.185. The molecule has 1 aliphatic heterocycles. The molecule has 3 aromatic rings. The Morgan fingerprint density at radius 1 is 1.17 bits per heavy atom. The van der Waals surface area contributed by atoms with Gasteiger partial charge in [-0.3, -0.25) is 9.59 Å². The van der Waals surface area contributed by atoms with E-state index < -0.39 is 42.0 Å². The van der Waals surface area contributed by atoms with Gasteiger partial charge < -0.3 is 20.7 Å². The number of halogens is 4. The molecule has 2 atom stereocenters. The average molecular weight is 575 g/mol. The fourth-order valence-electron chi connectivity index (χ4n) is 5.53. The number of hydrogen-bond acceptors (Lipinski definition) is 8. The molecule has 2 fully saturated rings. The minimum atomic E-state index is -4.29. The Morgan fingerprint density at radius 3 is 2.56 bits per heavy atom. The molecular weight excluding hydrogens is 548 g/mol. The predicted molar refractivity (Wildman–Crippen MR) is 136 cm³/mol. The zero-order chi connectivity index (χ0) is 29.5. The SMILES string of the molecule is COc1ncc(-c2c(C#N)cc3c(N)ncnn23)cc1C(=O)N[C@@H]1CN(C(=O)C2CCC(C(F)(F)F)CC2)C[C@@H]1F. The van der Waals surface area contributed by atoms with Crippen molar-refractivity contribution in [2.45, 2.75) is 44.1 Å². The number of nitrogen functional groups attached to an aromatic ring is 1. The van der Waals surface area contributed by atoms with Gasteiger partial charge in [-0.25, -0.2) is 18.9 Å². The number of methoxy groups -OCH3 is 1. The number of pyridine rings is 1. The number of nitrogens with two attached hydrogens (primary N) is 1. The van der Waals surface area contributed by atoms with Crippen molar-refractivity contribution in [1.82, 2.24) is 29.8 Å². The van der Waals surface area contributed by atoms with Gasteiger partial charge in [0.05, 0.1) is 36.9 Å². The van der Waals surface area contributed by atoms with Crippen molar-refractivity contribution in [3.63, 3.8) is 0 Å². The zero-order valence-electron chi connectivity index (χ0n) is 21.9. The lowest BCUT2D eigenvalue weighted by Gasteiger charge is -2.31. The van der Waals surface area contributed by atoms with Gasteiger partial charge >= 0.3 is 6.18 Å². The van der Waals surface area contributed by atoms with E-state index in [-0.39, 0.29) is 61.6 Å². The lowest BCUT2D eigenvalue weighted by atomic mass is 9.81. The van der Waals surface area contributed by atoms with Gasteiger partial charge in [0.25, 0.3) is 5.91 Å². The summed E-state index contributed by atoms with van der Waals surface area (Å²) in [4.78, 5) is 35.6. The largest absolute Gasteiger partial charge is 0.480 e. The van der Waals surface area contributed by atoms with E-state index >= 15 is 0 Å². The first-order chi connectivity index (χ1) is 19.5. The van der Waals surface area contributed by atoms with E-state index in [1.165, 1.54) is 41.2 Å². The highest BCUT2D eigenvalue weighted by Crippen LogP contribution is 2.40. The van der Waals surface area contributed by atoms with E-state index in [1.54, 1.807) is 0 Å². The number of likely N-dealkylation sites (tertiary alicyclic amines) is 1. The number of anilines is 1. The number of carbonyl (C=O) groups excluding carboxylic acids is 2. The number of alkyl halides is 4. The zero-order valence-corrected chi connectivity index (χ0v) is 21.9. The average Bonchev–Trinajstić information content (AvgIpc) is 3.52. The summed E-state index contributed by atoms with van der Waals surface area (Å²) in [5.74, 6) is -3.08. The molecule has 3 aromatic heterocycles.